The largest absolute Gasteiger partial charge is 0.381 e. The fourth-order valence-corrected chi connectivity index (χ4v) is 2.28. The Balaban J connectivity index is 2.79. The molecule has 1 aromatic rings. The third kappa shape index (κ3) is 3.53. The van der Waals surface area contributed by atoms with Crippen LogP contribution in [0, 0.1) is 12.8 Å². The summed E-state index contributed by atoms with van der Waals surface area (Å²) < 4.78 is 1.15. The van der Waals surface area contributed by atoms with Crippen LogP contribution in [0.2, 0.25) is 0 Å². The first-order valence-electron chi connectivity index (χ1n) is 5.57. The molecule has 0 fully saturated rings. The summed E-state index contributed by atoms with van der Waals surface area (Å²) in [5.41, 5.74) is 2.48. The van der Waals surface area contributed by atoms with Crippen molar-refractivity contribution in [2.75, 3.05) is 5.32 Å². The van der Waals surface area contributed by atoms with Gasteiger partial charge in [0.2, 0.25) is 0 Å². The second-order valence-electron chi connectivity index (χ2n) is 4.39. The number of nitrogens with one attached hydrogen (secondary N) is 1. The minimum atomic E-state index is 0.545. The molecule has 0 saturated heterocycles. The van der Waals surface area contributed by atoms with E-state index in [0.29, 0.717) is 12.0 Å². The van der Waals surface area contributed by atoms with E-state index in [1.807, 2.05) is 0 Å². The fourth-order valence-electron chi connectivity index (χ4n) is 1.68. The zero-order valence-electron chi connectivity index (χ0n) is 9.97. The molecule has 0 bridgehead atoms. The van der Waals surface area contributed by atoms with Crippen molar-refractivity contribution < 1.29 is 0 Å². The average molecular weight is 270 g/mol. The van der Waals surface area contributed by atoms with E-state index in [0.717, 1.165) is 10.9 Å². The number of hydrogen-bond acceptors (Lipinski definition) is 1. The molecular weight excluding hydrogens is 250 g/mol. The van der Waals surface area contributed by atoms with Crippen molar-refractivity contribution in [1.82, 2.24) is 0 Å². The molecule has 0 aliphatic rings. The smallest absolute Gasteiger partial charge is 0.0487 e. The molecule has 1 N–H and O–H groups in total. The highest BCUT2D eigenvalue weighted by atomic mass is 79.9. The molecule has 1 unspecified atom stereocenters. The maximum absolute atomic E-state index is 3.59. The summed E-state index contributed by atoms with van der Waals surface area (Å²) in [5, 5.41) is 3.58. The second-order valence-corrected chi connectivity index (χ2v) is 5.24. The number of anilines is 1. The van der Waals surface area contributed by atoms with Gasteiger partial charge in [-0.1, -0.05) is 26.8 Å². The quantitative estimate of drug-likeness (QED) is 0.842. The molecule has 15 heavy (non-hydrogen) atoms. The lowest BCUT2D eigenvalue weighted by atomic mass is 10.0. The SMILES string of the molecule is CCC(Nc1ccc(C)cc1Br)C(C)C. The molecule has 2 heteroatoms. The Kier molecular flexibility index (Phi) is 4.65. The van der Waals surface area contributed by atoms with Gasteiger partial charge in [-0.25, -0.2) is 0 Å². The third-order valence-corrected chi connectivity index (χ3v) is 3.37. The summed E-state index contributed by atoms with van der Waals surface area (Å²) in [5.74, 6) is 0.656. The van der Waals surface area contributed by atoms with E-state index in [4.69, 9.17) is 0 Å². The summed E-state index contributed by atoms with van der Waals surface area (Å²) in [6.45, 7) is 8.83. The molecule has 1 atom stereocenters. The van der Waals surface area contributed by atoms with Crippen LogP contribution in [0.5, 0.6) is 0 Å². The predicted octanol–water partition coefficient (Wildman–Crippen LogP) is 4.60. The Morgan fingerprint density at radius 1 is 1.33 bits per heavy atom. The molecule has 0 aromatic heterocycles. The average Bonchev–Trinajstić information content (AvgIpc) is 2.16. The molecule has 0 aliphatic heterocycles. The lowest BCUT2D eigenvalue weighted by Gasteiger charge is -2.22. The first-order chi connectivity index (χ1) is 7.04. The molecule has 0 spiro atoms. The van der Waals surface area contributed by atoms with Crippen molar-refractivity contribution in [1.29, 1.82) is 0 Å². The Labute approximate surface area is 101 Å². The van der Waals surface area contributed by atoms with Gasteiger partial charge in [-0.2, -0.15) is 0 Å². The van der Waals surface area contributed by atoms with E-state index in [2.05, 4.69) is 67.1 Å². The van der Waals surface area contributed by atoms with Crippen molar-refractivity contribution in [3.05, 3.63) is 28.2 Å². The molecule has 0 heterocycles. The van der Waals surface area contributed by atoms with Crippen molar-refractivity contribution in [3.63, 3.8) is 0 Å². The summed E-state index contributed by atoms with van der Waals surface area (Å²) in [7, 11) is 0. The van der Waals surface area contributed by atoms with Gasteiger partial charge in [0.25, 0.3) is 0 Å². The van der Waals surface area contributed by atoms with E-state index in [9.17, 15) is 0 Å². The van der Waals surface area contributed by atoms with E-state index in [1.165, 1.54) is 11.3 Å². The van der Waals surface area contributed by atoms with E-state index < -0.39 is 0 Å². The first kappa shape index (κ1) is 12.6. The van der Waals surface area contributed by atoms with Gasteiger partial charge in [-0.05, 0) is 52.9 Å². The van der Waals surface area contributed by atoms with Crippen LogP contribution in [-0.2, 0) is 0 Å². The van der Waals surface area contributed by atoms with E-state index in [-0.39, 0.29) is 0 Å². The van der Waals surface area contributed by atoms with Gasteiger partial charge in [0, 0.05) is 16.2 Å². The topological polar surface area (TPSA) is 12.0 Å². The zero-order valence-corrected chi connectivity index (χ0v) is 11.6. The summed E-state index contributed by atoms with van der Waals surface area (Å²) >= 11 is 3.59. The Morgan fingerprint density at radius 2 is 2.00 bits per heavy atom. The minimum absolute atomic E-state index is 0.545. The highest BCUT2D eigenvalue weighted by Gasteiger charge is 2.11. The normalized spacial score (nSPS) is 12.9. The standard InChI is InChI=1S/C13H20BrN/c1-5-12(9(2)3)15-13-7-6-10(4)8-11(13)14/h6-9,12,15H,5H2,1-4H3. The van der Waals surface area contributed by atoms with Gasteiger partial charge in [0.1, 0.15) is 0 Å². The van der Waals surface area contributed by atoms with Gasteiger partial charge in [0.05, 0.1) is 0 Å². The van der Waals surface area contributed by atoms with Gasteiger partial charge in [-0.15, -0.1) is 0 Å². The summed E-state index contributed by atoms with van der Waals surface area (Å²) in [6.07, 6.45) is 1.15. The lowest BCUT2D eigenvalue weighted by Crippen LogP contribution is -2.24. The number of rotatable bonds is 4. The molecule has 1 rings (SSSR count). The Morgan fingerprint density at radius 3 is 2.47 bits per heavy atom. The molecule has 84 valence electrons. The van der Waals surface area contributed by atoms with Gasteiger partial charge >= 0.3 is 0 Å². The first-order valence-corrected chi connectivity index (χ1v) is 6.36. The molecule has 0 saturated carbocycles. The zero-order chi connectivity index (χ0) is 11.4. The van der Waals surface area contributed by atoms with Gasteiger partial charge in [0.15, 0.2) is 0 Å². The van der Waals surface area contributed by atoms with Crippen molar-refractivity contribution in [2.24, 2.45) is 5.92 Å². The Bertz CT molecular complexity index is 320. The molecule has 1 nitrogen and oxygen atoms in total. The van der Waals surface area contributed by atoms with Crippen LogP contribution in [0.4, 0.5) is 5.69 Å². The van der Waals surface area contributed by atoms with Crippen molar-refractivity contribution in [3.8, 4) is 0 Å². The molecule has 0 amide bonds. The van der Waals surface area contributed by atoms with Gasteiger partial charge < -0.3 is 5.32 Å². The second kappa shape index (κ2) is 5.55. The number of halogens is 1. The molecule has 1 aromatic carbocycles. The molecule has 0 radical (unpaired) electrons. The van der Waals surface area contributed by atoms with Crippen LogP contribution >= 0.6 is 15.9 Å². The summed E-state index contributed by atoms with van der Waals surface area (Å²) in [6, 6.07) is 6.98. The third-order valence-electron chi connectivity index (χ3n) is 2.71. The molecule has 0 aliphatic carbocycles. The van der Waals surface area contributed by atoms with Crippen LogP contribution < -0.4 is 5.32 Å². The highest BCUT2D eigenvalue weighted by molar-refractivity contribution is 9.10. The van der Waals surface area contributed by atoms with Gasteiger partial charge in [-0.3, -0.25) is 0 Å². The summed E-state index contributed by atoms with van der Waals surface area (Å²) in [4.78, 5) is 0. The van der Waals surface area contributed by atoms with E-state index >= 15 is 0 Å². The molecular formula is C13H20BrN. The Hall–Kier alpha value is -0.500. The van der Waals surface area contributed by atoms with Crippen molar-refractivity contribution >= 4 is 21.6 Å². The number of hydrogen-bond donors (Lipinski definition) is 1. The highest BCUT2D eigenvalue weighted by Crippen LogP contribution is 2.25. The maximum atomic E-state index is 3.59. The van der Waals surface area contributed by atoms with Crippen LogP contribution in [0.25, 0.3) is 0 Å². The monoisotopic (exact) mass is 269 g/mol. The lowest BCUT2D eigenvalue weighted by molar-refractivity contribution is 0.511. The van der Waals surface area contributed by atoms with E-state index in [1.54, 1.807) is 0 Å². The number of benzene rings is 1. The van der Waals surface area contributed by atoms with Crippen LogP contribution in [-0.4, -0.2) is 6.04 Å². The number of aryl methyl sites for hydroxylation is 1. The van der Waals surface area contributed by atoms with Crippen LogP contribution in [0.1, 0.15) is 32.8 Å². The maximum Gasteiger partial charge on any atom is 0.0487 e. The van der Waals surface area contributed by atoms with Crippen LogP contribution in [0.15, 0.2) is 22.7 Å². The van der Waals surface area contributed by atoms with Crippen LogP contribution in [0.3, 0.4) is 0 Å². The van der Waals surface area contributed by atoms with Crippen molar-refractivity contribution in [2.45, 2.75) is 40.2 Å². The minimum Gasteiger partial charge on any atom is -0.381 e. The predicted molar refractivity (Wildman–Crippen MR) is 71.4 cm³/mol. The fraction of sp³-hybridized carbons (Fsp3) is 0.538.